The van der Waals surface area contributed by atoms with Crippen LogP contribution in [-0.4, -0.2) is 47.8 Å². The Balaban J connectivity index is 1.43. The van der Waals surface area contributed by atoms with Crippen molar-refractivity contribution in [3.63, 3.8) is 0 Å². The van der Waals surface area contributed by atoms with Crippen LogP contribution in [0.5, 0.6) is 0 Å². The van der Waals surface area contributed by atoms with Crippen molar-refractivity contribution in [2.45, 2.75) is 56.5 Å². The number of carbonyl (C=O) groups is 1. The van der Waals surface area contributed by atoms with Crippen molar-refractivity contribution in [1.29, 1.82) is 0 Å². The maximum absolute atomic E-state index is 11.7. The van der Waals surface area contributed by atoms with Crippen LogP contribution in [0.4, 0.5) is 16.4 Å². The Hall–Kier alpha value is -2.64. The number of carboxylic acid groups (broad SMARTS) is 1. The third kappa shape index (κ3) is 3.16. The number of nitrogens with zero attached hydrogens (tertiary/aromatic N) is 4. The molecule has 8 heteroatoms. The minimum absolute atomic E-state index is 0.0940. The van der Waals surface area contributed by atoms with Gasteiger partial charge in [0.25, 0.3) is 0 Å². The number of hydrogen-bond donors (Lipinski definition) is 3. The van der Waals surface area contributed by atoms with Crippen molar-refractivity contribution >= 4 is 17.7 Å². The van der Waals surface area contributed by atoms with Crippen molar-refractivity contribution in [1.82, 2.24) is 25.1 Å². The number of anilines is 2. The topological polar surface area (TPSA) is 107 Å². The summed E-state index contributed by atoms with van der Waals surface area (Å²) in [5.41, 5.74) is 0.893. The van der Waals surface area contributed by atoms with E-state index in [1.165, 1.54) is 6.33 Å². The van der Waals surface area contributed by atoms with Gasteiger partial charge in [-0.15, -0.1) is 0 Å². The Kier molecular flexibility index (Phi) is 3.82. The highest BCUT2D eigenvalue weighted by Gasteiger charge is 2.50. The van der Waals surface area contributed by atoms with E-state index in [9.17, 15) is 9.90 Å². The summed E-state index contributed by atoms with van der Waals surface area (Å²) in [7, 11) is 0. The highest BCUT2D eigenvalue weighted by Crippen LogP contribution is 2.47. The van der Waals surface area contributed by atoms with E-state index in [0.717, 1.165) is 37.8 Å². The Morgan fingerprint density at radius 2 is 2.24 bits per heavy atom. The minimum Gasteiger partial charge on any atom is -0.465 e. The molecule has 0 spiro atoms. The zero-order valence-corrected chi connectivity index (χ0v) is 14.1. The molecule has 2 saturated carbocycles. The van der Waals surface area contributed by atoms with E-state index in [1.807, 2.05) is 13.0 Å². The molecule has 0 bridgehead atoms. The number of aromatic nitrogens is 4. The second-order valence-electron chi connectivity index (χ2n) is 7.24. The Labute approximate surface area is 145 Å². The normalized spacial score (nSPS) is 24.0. The first-order chi connectivity index (χ1) is 12.0. The average molecular weight is 342 g/mol. The van der Waals surface area contributed by atoms with Gasteiger partial charge in [-0.1, -0.05) is 0 Å². The van der Waals surface area contributed by atoms with E-state index in [4.69, 9.17) is 0 Å². The molecule has 2 fully saturated rings. The second-order valence-corrected chi connectivity index (χ2v) is 7.24. The van der Waals surface area contributed by atoms with E-state index in [2.05, 4.69) is 25.5 Å². The zero-order chi connectivity index (χ0) is 17.4. The third-order valence-electron chi connectivity index (χ3n) is 5.41. The van der Waals surface area contributed by atoms with Crippen LogP contribution in [0.15, 0.2) is 24.7 Å². The molecule has 132 valence electrons. The molecule has 2 aromatic rings. The molecule has 2 atom stereocenters. The van der Waals surface area contributed by atoms with Gasteiger partial charge < -0.3 is 10.4 Å². The molecule has 0 aliphatic heterocycles. The molecular formula is C17H22N6O2. The number of hydrogen-bond acceptors (Lipinski definition) is 5. The lowest BCUT2D eigenvalue weighted by Crippen LogP contribution is -2.45. The van der Waals surface area contributed by atoms with Crippen molar-refractivity contribution < 1.29 is 9.90 Å². The van der Waals surface area contributed by atoms with Gasteiger partial charge in [-0.05, 0) is 45.1 Å². The molecule has 2 aromatic heterocycles. The largest absolute Gasteiger partial charge is 0.465 e. The van der Waals surface area contributed by atoms with E-state index >= 15 is 0 Å². The lowest BCUT2D eigenvalue weighted by atomic mass is 10.0. The predicted octanol–water partition coefficient (Wildman–Crippen LogP) is 3.11. The Bertz CT molecular complexity index is 758. The number of amides is 1. The predicted molar refractivity (Wildman–Crippen MR) is 91.8 cm³/mol. The van der Waals surface area contributed by atoms with Crippen molar-refractivity contribution in [2.24, 2.45) is 0 Å². The van der Waals surface area contributed by atoms with Gasteiger partial charge in [0.15, 0.2) is 5.82 Å². The standard InChI is InChI=1S/C17H22N6O2/c1-17(5-6-17)23(16(24)25)12-3-2-11(8-12)13-9-15(22-21-13)20-14-4-7-18-10-19-14/h4,7,9-12H,2-3,5-6,8H2,1H3,(H,24,25)(H2,18,19,20,21,22)/t11-,12+/m0/s1. The highest BCUT2D eigenvalue weighted by molar-refractivity contribution is 5.67. The van der Waals surface area contributed by atoms with Crippen LogP contribution in [0.25, 0.3) is 0 Å². The minimum atomic E-state index is -0.790. The van der Waals surface area contributed by atoms with Gasteiger partial charge in [-0.2, -0.15) is 5.10 Å². The van der Waals surface area contributed by atoms with Gasteiger partial charge in [0.05, 0.1) is 0 Å². The summed E-state index contributed by atoms with van der Waals surface area (Å²) >= 11 is 0. The molecule has 0 radical (unpaired) electrons. The summed E-state index contributed by atoms with van der Waals surface area (Å²) in [4.78, 5) is 21.4. The Morgan fingerprint density at radius 3 is 2.92 bits per heavy atom. The van der Waals surface area contributed by atoms with E-state index in [0.29, 0.717) is 17.6 Å². The van der Waals surface area contributed by atoms with Gasteiger partial charge in [0.1, 0.15) is 12.1 Å². The summed E-state index contributed by atoms with van der Waals surface area (Å²) in [5, 5.41) is 20.1. The summed E-state index contributed by atoms with van der Waals surface area (Å²) in [6.07, 6.45) is 7.02. The van der Waals surface area contributed by atoms with Gasteiger partial charge >= 0.3 is 6.09 Å². The quantitative estimate of drug-likeness (QED) is 0.771. The summed E-state index contributed by atoms with van der Waals surface area (Å²) < 4.78 is 0. The molecule has 4 rings (SSSR count). The highest BCUT2D eigenvalue weighted by atomic mass is 16.4. The van der Waals surface area contributed by atoms with E-state index in [1.54, 1.807) is 17.2 Å². The maximum Gasteiger partial charge on any atom is 0.408 e. The summed E-state index contributed by atoms with van der Waals surface area (Å²) in [5.74, 6) is 1.71. The third-order valence-corrected chi connectivity index (χ3v) is 5.41. The second kappa shape index (κ2) is 6.02. The number of aromatic amines is 1. The smallest absolute Gasteiger partial charge is 0.408 e. The molecule has 1 amide bonds. The molecule has 25 heavy (non-hydrogen) atoms. The van der Waals surface area contributed by atoms with Gasteiger partial charge in [0, 0.05) is 35.5 Å². The van der Waals surface area contributed by atoms with Crippen LogP contribution < -0.4 is 5.32 Å². The van der Waals surface area contributed by atoms with Crippen LogP contribution in [0.2, 0.25) is 0 Å². The zero-order valence-electron chi connectivity index (χ0n) is 14.1. The molecule has 8 nitrogen and oxygen atoms in total. The summed E-state index contributed by atoms with van der Waals surface area (Å²) in [6, 6.07) is 3.86. The van der Waals surface area contributed by atoms with Gasteiger partial charge in [-0.3, -0.25) is 10.00 Å². The lowest BCUT2D eigenvalue weighted by Gasteiger charge is -2.32. The number of H-pyrrole nitrogens is 1. The van der Waals surface area contributed by atoms with Crippen LogP contribution >= 0.6 is 0 Å². The maximum atomic E-state index is 11.7. The Morgan fingerprint density at radius 1 is 1.40 bits per heavy atom. The fraction of sp³-hybridized carbons (Fsp3) is 0.529. The molecular weight excluding hydrogens is 320 g/mol. The molecule has 0 unspecified atom stereocenters. The van der Waals surface area contributed by atoms with Gasteiger partial charge in [-0.25, -0.2) is 14.8 Å². The number of nitrogens with one attached hydrogen (secondary N) is 2. The molecule has 2 aliphatic carbocycles. The van der Waals surface area contributed by atoms with Crippen LogP contribution in [-0.2, 0) is 0 Å². The molecule has 0 saturated heterocycles. The van der Waals surface area contributed by atoms with Crippen molar-refractivity contribution in [3.8, 4) is 0 Å². The van der Waals surface area contributed by atoms with Crippen LogP contribution in [0, 0.1) is 0 Å². The first kappa shape index (κ1) is 15.9. The summed E-state index contributed by atoms with van der Waals surface area (Å²) in [6.45, 7) is 2.05. The fourth-order valence-electron chi connectivity index (χ4n) is 3.83. The van der Waals surface area contributed by atoms with Gasteiger partial charge in [0.2, 0.25) is 0 Å². The SMILES string of the molecule is CC1(N(C(=O)O)[C@@H]2CC[C@H](c3cc(Nc4ccncn4)n[nH]3)C2)CC1. The van der Waals surface area contributed by atoms with Crippen molar-refractivity contribution in [3.05, 3.63) is 30.4 Å². The van der Waals surface area contributed by atoms with Crippen molar-refractivity contribution in [2.75, 3.05) is 5.32 Å². The number of rotatable bonds is 5. The van der Waals surface area contributed by atoms with E-state index in [-0.39, 0.29) is 11.6 Å². The molecule has 3 N–H and O–H groups in total. The first-order valence-corrected chi connectivity index (χ1v) is 8.66. The average Bonchev–Trinajstić information content (AvgIpc) is 3.00. The molecule has 2 heterocycles. The molecule has 2 aliphatic rings. The molecule has 0 aromatic carbocycles. The monoisotopic (exact) mass is 342 g/mol. The lowest BCUT2D eigenvalue weighted by molar-refractivity contribution is 0.0955. The fourth-order valence-corrected chi connectivity index (χ4v) is 3.83. The first-order valence-electron chi connectivity index (χ1n) is 8.66. The van der Waals surface area contributed by atoms with Crippen LogP contribution in [0.1, 0.15) is 50.6 Å². The van der Waals surface area contributed by atoms with Crippen LogP contribution in [0.3, 0.4) is 0 Å². The van der Waals surface area contributed by atoms with E-state index < -0.39 is 6.09 Å².